The van der Waals surface area contributed by atoms with Gasteiger partial charge >= 0.3 is 0 Å². The lowest BCUT2D eigenvalue weighted by molar-refractivity contribution is 0.505. The molecule has 1 aromatic carbocycles. The fourth-order valence-electron chi connectivity index (χ4n) is 2.63. The lowest BCUT2D eigenvalue weighted by Crippen LogP contribution is -2.15. The van der Waals surface area contributed by atoms with E-state index in [1.54, 1.807) is 0 Å². The molecule has 0 atom stereocenters. The van der Waals surface area contributed by atoms with Gasteiger partial charge in [0.15, 0.2) is 0 Å². The molecule has 2 fully saturated rings. The second-order valence-corrected chi connectivity index (χ2v) is 6.65. The molecule has 2 aliphatic rings. The first-order valence-electron chi connectivity index (χ1n) is 6.76. The van der Waals surface area contributed by atoms with E-state index in [0.717, 1.165) is 24.1 Å². The molecule has 18 heavy (non-hydrogen) atoms. The van der Waals surface area contributed by atoms with Crippen molar-refractivity contribution < 1.29 is 4.42 Å². The zero-order chi connectivity index (χ0) is 12.1. The molecule has 94 valence electrons. The molecule has 4 rings (SSSR count). The van der Waals surface area contributed by atoms with Gasteiger partial charge in [-0.1, -0.05) is 12.1 Å². The molecule has 0 saturated heterocycles. The maximum Gasteiger partial charge on any atom is 0.147 e. The maximum absolute atomic E-state index is 6.14. The van der Waals surface area contributed by atoms with E-state index in [2.05, 4.69) is 46.1 Å². The highest BCUT2D eigenvalue weighted by Gasteiger charge is 2.31. The van der Waals surface area contributed by atoms with Crippen LogP contribution in [0.2, 0.25) is 0 Å². The molecule has 0 amide bonds. The highest BCUT2D eigenvalue weighted by Crippen LogP contribution is 2.46. The van der Waals surface area contributed by atoms with E-state index in [0.29, 0.717) is 0 Å². The minimum Gasteiger partial charge on any atom is -0.458 e. The van der Waals surface area contributed by atoms with Crippen molar-refractivity contribution in [3.05, 3.63) is 33.1 Å². The van der Waals surface area contributed by atoms with Crippen LogP contribution in [0.3, 0.4) is 0 Å². The summed E-state index contributed by atoms with van der Waals surface area (Å²) in [7, 11) is 0. The molecule has 0 bridgehead atoms. The van der Waals surface area contributed by atoms with E-state index in [1.807, 2.05) is 0 Å². The van der Waals surface area contributed by atoms with E-state index in [-0.39, 0.29) is 0 Å². The second-order valence-electron chi connectivity index (χ2n) is 5.48. The number of hydrogen-bond acceptors (Lipinski definition) is 2. The van der Waals surface area contributed by atoms with E-state index in [1.165, 1.54) is 46.0 Å². The summed E-state index contributed by atoms with van der Waals surface area (Å²) in [5, 5.41) is 4.92. The van der Waals surface area contributed by atoms with Gasteiger partial charge in [0.05, 0.1) is 10.1 Å². The zero-order valence-corrected chi connectivity index (χ0v) is 12.4. The third kappa shape index (κ3) is 1.97. The van der Waals surface area contributed by atoms with Crippen LogP contribution in [0.5, 0.6) is 0 Å². The Labute approximate surface area is 120 Å². The average molecular weight is 353 g/mol. The Balaban J connectivity index is 1.78. The number of nitrogens with one attached hydrogen (secondary N) is 1. The van der Waals surface area contributed by atoms with Crippen molar-refractivity contribution in [3.8, 4) is 0 Å². The summed E-state index contributed by atoms with van der Waals surface area (Å²) < 4.78 is 7.37. The average Bonchev–Trinajstić information content (AvgIpc) is 3.26. The minimum absolute atomic E-state index is 0.740. The van der Waals surface area contributed by atoms with Crippen LogP contribution in [0.1, 0.15) is 42.9 Å². The van der Waals surface area contributed by atoms with E-state index in [4.69, 9.17) is 4.42 Å². The van der Waals surface area contributed by atoms with Gasteiger partial charge in [-0.3, -0.25) is 0 Å². The van der Waals surface area contributed by atoms with Crippen LogP contribution in [0.4, 0.5) is 0 Å². The Kier molecular flexibility index (Phi) is 2.66. The maximum atomic E-state index is 6.14. The number of benzene rings is 1. The predicted molar refractivity (Wildman–Crippen MR) is 80.8 cm³/mol. The van der Waals surface area contributed by atoms with Crippen LogP contribution in [-0.2, 0) is 6.54 Å². The van der Waals surface area contributed by atoms with Crippen LogP contribution in [0.25, 0.3) is 11.0 Å². The van der Waals surface area contributed by atoms with Gasteiger partial charge in [0.25, 0.3) is 0 Å². The largest absolute Gasteiger partial charge is 0.458 e. The number of halogens is 1. The summed E-state index contributed by atoms with van der Waals surface area (Å²) in [6.07, 6.45) is 5.32. The van der Waals surface area contributed by atoms with Crippen LogP contribution < -0.4 is 5.32 Å². The summed E-state index contributed by atoms with van der Waals surface area (Å²) in [4.78, 5) is 0. The van der Waals surface area contributed by atoms with Gasteiger partial charge in [-0.15, -0.1) is 0 Å². The Morgan fingerprint density at radius 3 is 2.78 bits per heavy atom. The van der Waals surface area contributed by atoms with Crippen molar-refractivity contribution in [2.45, 2.75) is 44.2 Å². The molecule has 0 spiro atoms. The highest BCUT2D eigenvalue weighted by molar-refractivity contribution is 14.1. The second kappa shape index (κ2) is 4.23. The van der Waals surface area contributed by atoms with Gasteiger partial charge in [0.2, 0.25) is 0 Å². The summed E-state index contributed by atoms with van der Waals surface area (Å²) in [6.45, 7) is 0.904. The number of para-hydroxylation sites is 1. The predicted octanol–water partition coefficient (Wildman–Crippen LogP) is 4.17. The van der Waals surface area contributed by atoms with Crippen molar-refractivity contribution in [2.75, 3.05) is 0 Å². The molecule has 0 unspecified atom stereocenters. The highest BCUT2D eigenvalue weighted by atomic mass is 127. The lowest BCUT2D eigenvalue weighted by atomic mass is 10.1. The lowest BCUT2D eigenvalue weighted by Gasteiger charge is -2.02. The van der Waals surface area contributed by atoms with Crippen LogP contribution in [-0.4, -0.2) is 6.04 Å². The third-order valence-corrected chi connectivity index (χ3v) is 4.75. The SMILES string of the molecule is Ic1cccc2c(C3CC3)c(CNC3CC3)oc12. The Hall–Kier alpha value is -0.550. The van der Waals surface area contributed by atoms with E-state index < -0.39 is 0 Å². The summed E-state index contributed by atoms with van der Waals surface area (Å²) >= 11 is 2.37. The number of hydrogen-bond donors (Lipinski definition) is 1. The Bertz CT molecular complexity index is 596. The third-order valence-electron chi connectivity index (χ3n) is 3.90. The van der Waals surface area contributed by atoms with Gasteiger partial charge in [0, 0.05) is 17.0 Å². The van der Waals surface area contributed by atoms with Gasteiger partial charge in [-0.2, -0.15) is 0 Å². The van der Waals surface area contributed by atoms with Crippen molar-refractivity contribution in [1.82, 2.24) is 5.32 Å². The molecular formula is C15H16INO. The number of fused-ring (bicyclic) bond motifs is 1. The molecule has 2 saturated carbocycles. The van der Waals surface area contributed by atoms with Gasteiger partial charge in [0.1, 0.15) is 11.3 Å². The van der Waals surface area contributed by atoms with E-state index >= 15 is 0 Å². The molecule has 1 heterocycles. The normalized spacial score (nSPS) is 19.6. The first-order valence-corrected chi connectivity index (χ1v) is 7.84. The standard InChI is InChI=1S/C15H16INO/c16-12-3-1-2-11-14(9-4-5-9)13(18-15(11)12)8-17-10-6-7-10/h1-3,9-10,17H,4-8H2. The van der Waals surface area contributed by atoms with Gasteiger partial charge < -0.3 is 9.73 Å². The first kappa shape index (κ1) is 11.3. The zero-order valence-electron chi connectivity index (χ0n) is 10.2. The van der Waals surface area contributed by atoms with E-state index in [9.17, 15) is 0 Å². The van der Waals surface area contributed by atoms with Crippen molar-refractivity contribution >= 4 is 33.6 Å². The molecular weight excluding hydrogens is 337 g/mol. The molecule has 2 aliphatic carbocycles. The van der Waals surface area contributed by atoms with Gasteiger partial charge in [-0.25, -0.2) is 0 Å². The summed E-state index contributed by atoms with van der Waals surface area (Å²) in [6, 6.07) is 7.23. The molecule has 0 aliphatic heterocycles. The molecule has 3 heteroatoms. The van der Waals surface area contributed by atoms with Gasteiger partial charge in [-0.05, 0) is 60.3 Å². The monoisotopic (exact) mass is 353 g/mol. The number of furan rings is 1. The van der Waals surface area contributed by atoms with Crippen LogP contribution >= 0.6 is 22.6 Å². The Morgan fingerprint density at radius 1 is 1.22 bits per heavy atom. The summed E-state index contributed by atoms with van der Waals surface area (Å²) in [5.41, 5.74) is 2.57. The Morgan fingerprint density at radius 2 is 2.06 bits per heavy atom. The smallest absolute Gasteiger partial charge is 0.147 e. The molecule has 1 N–H and O–H groups in total. The fraction of sp³-hybridized carbons (Fsp3) is 0.467. The molecule has 2 aromatic rings. The topological polar surface area (TPSA) is 25.2 Å². The molecule has 0 radical (unpaired) electrons. The summed E-state index contributed by atoms with van der Waals surface area (Å²) in [5.74, 6) is 1.93. The van der Waals surface area contributed by atoms with Crippen molar-refractivity contribution in [3.63, 3.8) is 0 Å². The first-order chi connectivity index (χ1) is 8.83. The number of rotatable bonds is 4. The quantitative estimate of drug-likeness (QED) is 0.835. The molecule has 1 aromatic heterocycles. The fourth-order valence-corrected chi connectivity index (χ4v) is 3.24. The minimum atomic E-state index is 0.740. The van der Waals surface area contributed by atoms with Crippen LogP contribution in [0, 0.1) is 3.57 Å². The van der Waals surface area contributed by atoms with Crippen molar-refractivity contribution in [1.29, 1.82) is 0 Å². The van der Waals surface area contributed by atoms with Crippen LogP contribution in [0.15, 0.2) is 22.6 Å². The molecule has 2 nitrogen and oxygen atoms in total. The van der Waals surface area contributed by atoms with Crippen molar-refractivity contribution in [2.24, 2.45) is 0 Å².